The van der Waals surface area contributed by atoms with Crippen LogP contribution in [0.5, 0.6) is 11.5 Å². The number of hydrazine groups is 1. The highest BCUT2D eigenvalue weighted by Gasteiger charge is 2.15. The van der Waals surface area contributed by atoms with E-state index in [4.69, 9.17) is 0 Å². The van der Waals surface area contributed by atoms with E-state index in [-0.39, 0.29) is 23.6 Å². The summed E-state index contributed by atoms with van der Waals surface area (Å²) in [5.41, 5.74) is 5.89. The molecule has 1 saturated carbocycles. The van der Waals surface area contributed by atoms with Gasteiger partial charge in [-0.2, -0.15) is 0 Å². The van der Waals surface area contributed by atoms with Crippen molar-refractivity contribution in [3.05, 3.63) is 30.3 Å². The summed E-state index contributed by atoms with van der Waals surface area (Å²) in [4.78, 5) is 11.8. The van der Waals surface area contributed by atoms with E-state index >= 15 is 0 Å². The van der Waals surface area contributed by atoms with Crippen LogP contribution in [0.1, 0.15) is 37.7 Å². The van der Waals surface area contributed by atoms with Crippen LogP contribution in [0, 0.1) is 0 Å². The highest BCUT2D eigenvalue weighted by atomic mass is 16.3. The maximum Gasteiger partial charge on any atom is 0.333 e. The molecule has 21 heavy (non-hydrogen) atoms. The van der Waals surface area contributed by atoms with Crippen LogP contribution in [0.3, 0.4) is 0 Å². The number of nitrogens with one attached hydrogen (secondary N) is 3. The van der Waals surface area contributed by atoms with Crippen LogP contribution in [0.2, 0.25) is 0 Å². The van der Waals surface area contributed by atoms with Crippen molar-refractivity contribution in [2.45, 2.75) is 38.1 Å². The number of benzene rings is 1. The highest BCUT2D eigenvalue weighted by molar-refractivity contribution is 5.76. The first-order valence-electron chi connectivity index (χ1n) is 7.10. The summed E-state index contributed by atoms with van der Waals surface area (Å²) in [6.07, 6.45) is 5.54. The molecule has 1 aromatic rings. The van der Waals surface area contributed by atoms with E-state index < -0.39 is 0 Å². The van der Waals surface area contributed by atoms with Crippen molar-refractivity contribution in [2.24, 2.45) is 0 Å². The molecule has 0 heterocycles. The Labute approximate surface area is 123 Å². The number of hydrogen-bond donors (Lipinski definition) is 5. The summed E-state index contributed by atoms with van der Waals surface area (Å²) in [6.45, 7) is 3.74. The fourth-order valence-electron chi connectivity index (χ4n) is 2.44. The minimum atomic E-state index is -0.318. The van der Waals surface area contributed by atoms with Crippen molar-refractivity contribution < 1.29 is 15.0 Å². The third kappa shape index (κ3) is 4.30. The van der Waals surface area contributed by atoms with Crippen LogP contribution in [-0.2, 0) is 0 Å². The number of amides is 2. The molecule has 1 aromatic carbocycles. The van der Waals surface area contributed by atoms with E-state index in [0.717, 1.165) is 25.7 Å². The molecule has 6 nitrogen and oxygen atoms in total. The molecule has 0 bridgehead atoms. The Morgan fingerprint density at radius 1 is 1.14 bits per heavy atom. The van der Waals surface area contributed by atoms with E-state index in [0.29, 0.717) is 11.3 Å². The summed E-state index contributed by atoms with van der Waals surface area (Å²) >= 11 is 0. The number of phenols is 2. The zero-order valence-corrected chi connectivity index (χ0v) is 11.9. The van der Waals surface area contributed by atoms with Gasteiger partial charge in [-0.15, -0.1) is 0 Å². The quantitative estimate of drug-likeness (QED) is 0.550. The standard InChI is InChI=1S/C15H21N3O3/c1-10(13-8-7-12(19)9-14(13)20)17-18-15(21)16-11-5-3-2-4-6-11/h7-9,11,17,19-20H,1-6H2,(H2,16,18,21). The number of hydrogen-bond acceptors (Lipinski definition) is 4. The Morgan fingerprint density at radius 2 is 1.86 bits per heavy atom. The SMILES string of the molecule is C=C(NNC(=O)NC1CCCCC1)c1ccc(O)cc1O. The molecule has 1 fully saturated rings. The lowest BCUT2D eigenvalue weighted by molar-refractivity contribution is 0.230. The third-order valence-electron chi connectivity index (χ3n) is 3.57. The second-order valence-corrected chi connectivity index (χ2v) is 5.24. The van der Waals surface area contributed by atoms with Gasteiger partial charge >= 0.3 is 6.03 Å². The minimum Gasteiger partial charge on any atom is -0.508 e. The van der Waals surface area contributed by atoms with Crippen LogP contribution in [0.25, 0.3) is 5.70 Å². The fourth-order valence-corrected chi connectivity index (χ4v) is 2.44. The highest BCUT2D eigenvalue weighted by Crippen LogP contribution is 2.26. The average molecular weight is 291 g/mol. The molecular formula is C15H21N3O3. The predicted octanol–water partition coefficient (Wildman–Crippen LogP) is 2.21. The van der Waals surface area contributed by atoms with Crippen molar-refractivity contribution in [3.63, 3.8) is 0 Å². The Morgan fingerprint density at radius 3 is 2.52 bits per heavy atom. The Kier molecular flexibility index (Phi) is 4.92. The smallest absolute Gasteiger partial charge is 0.333 e. The van der Waals surface area contributed by atoms with E-state index in [1.54, 1.807) is 0 Å². The Hall–Kier alpha value is -2.37. The van der Waals surface area contributed by atoms with Gasteiger partial charge in [0.2, 0.25) is 0 Å². The summed E-state index contributed by atoms with van der Waals surface area (Å²) in [6, 6.07) is 4.06. The van der Waals surface area contributed by atoms with Gasteiger partial charge in [-0.1, -0.05) is 25.8 Å². The van der Waals surface area contributed by atoms with Crippen LogP contribution in [0.15, 0.2) is 24.8 Å². The largest absolute Gasteiger partial charge is 0.508 e. The molecule has 0 aliphatic heterocycles. The molecule has 0 saturated heterocycles. The maximum atomic E-state index is 11.8. The molecule has 1 aliphatic rings. The number of carbonyl (C=O) groups is 1. The number of phenolic OH excluding ortho intramolecular Hbond substituents is 2. The van der Waals surface area contributed by atoms with Gasteiger partial charge in [0.05, 0.1) is 5.70 Å². The zero-order valence-electron chi connectivity index (χ0n) is 11.9. The second-order valence-electron chi connectivity index (χ2n) is 5.24. The summed E-state index contributed by atoms with van der Waals surface area (Å²) in [5.74, 6) is -0.144. The molecule has 2 amide bonds. The lowest BCUT2D eigenvalue weighted by atomic mass is 9.96. The molecule has 0 unspecified atom stereocenters. The molecular weight excluding hydrogens is 270 g/mol. The molecule has 0 aromatic heterocycles. The predicted molar refractivity (Wildman–Crippen MR) is 80.5 cm³/mol. The van der Waals surface area contributed by atoms with Crippen molar-refractivity contribution >= 4 is 11.7 Å². The van der Waals surface area contributed by atoms with E-state index in [1.165, 1.54) is 24.6 Å². The molecule has 2 rings (SSSR count). The first-order valence-corrected chi connectivity index (χ1v) is 7.10. The monoisotopic (exact) mass is 291 g/mol. The van der Waals surface area contributed by atoms with Crippen LogP contribution >= 0.6 is 0 Å². The first-order chi connectivity index (χ1) is 10.1. The average Bonchev–Trinajstić information content (AvgIpc) is 2.46. The fraction of sp³-hybridized carbons (Fsp3) is 0.400. The van der Waals surface area contributed by atoms with E-state index in [2.05, 4.69) is 22.7 Å². The Bertz CT molecular complexity index is 525. The molecule has 5 N–H and O–H groups in total. The topological polar surface area (TPSA) is 93.6 Å². The summed E-state index contributed by atoms with van der Waals surface area (Å²) in [5, 5.41) is 21.8. The van der Waals surface area contributed by atoms with Gasteiger partial charge in [0.15, 0.2) is 0 Å². The van der Waals surface area contributed by atoms with Crippen molar-refractivity contribution in [1.29, 1.82) is 0 Å². The lowest BCUT2D eigenvalue weighted by Gasteiger charge is -2.23. The van der Waals surface area contributed by atoms with Gasteiger partial charge < -0.3 is 15.5 Å². The summed E-state index contributed by atoms with van der Waals surface area (Å²) < 4.78 is 0. The number of urea groups is 1. The zero-order chi connectivity index (χ0) is 15.2. The second kappa shape index (κ2) is 6.88. The molecule has 114 valence electrons. The van der Waals surface area contributed by atoms with Crippen LogP contribution in [0.4, 0.5) is 4.79 Å². The van der Waals surface area contributed by atoms with Crippen molar-refractivity contribution in [1.82, 2.24) is 16.2 Å². The number of aromatic hydroxyl groups is 2. The molecule has 0 radical (unpaired) electrons. The van der Waals surface area contributed by atoms with Gasteiger partial charge in [0, 0.05) is 17.7 Å². The van der Waals surface area contributed by atoms with Gasteiger partial charge in [-0.25, -0.2) is 4.79 Å². The van der Waals surface area contributed by atoms with E-state index in [1.807, 2.05) is 0 Å². The Balaban J connectivity index is 1.81. The molecule has 6 heteroatoms. The van der Waals surface area contributed by atoms with Gasteiger partial charge in [0.1, 0.15) is 11.5 Å². The first kappa shape index (κ1) is 15.0. The van der Waals surface area contributed by atoms with Crippen molar-refractivity contribution in [3.8, 4) is 11.5 Å². The van der Waals surface area contributed by atoms with Gasteiger partial charge in [-0.3, -0.25) is 10.9 Å². The van der Waals surface area contributed by atoms with Gasteiger partial charge in [0.25, 0.3) is 0 Å². The van der Waals surface area contributed by atoms with Crippen molar-refractivity contribution in [2.75, 3.05) is 0 Å². The summed E-state index contributed by atoms with van der Waals surface area (Å²) in [7, 11) is 0. The third-order valence-corrected chi connectivity index (χ3v) is 3.57. The molecule has 0 spiro atoms. The molecule has 1 aliphatic carbocycles. The van der Waals surface area contributed by atoms with Crippen LogP contribution < -0.4 is 16.2 Å². The van der Waals surface area contributed by atoms with Gasteiger partial charge in [-0.05, 0) is 25.0 Å². The maximum absolute atomic E-state index is 11.8. The van der Waals surface area contributed by atoms with Crippen LogP contribution in [-0.4, -0.2) is 22.3 Å². The number of carbonyl (C=O) groups excluding carboxylic acids is 1. The number of rotatable bonds is 4. The normalized spacial score (nSPS) is 15.2. The minimum absolute atomic E-state index is 0.0351. The molecule has 0 atom stereocenters. The lowest BCUT2D eigenvalue weighted by Crippen LogP contribution is -2.47. The van der Waals surface area contributed by atoms with E-state index in [9.17, 15) is 15.0 Å².